The van der Waals surface area contributed by atoms with Gasteiger partial charge in [0.2, 0.25) is 0 Å². The van der Waals surface area contributed by atoms with Crippen LogP contribution >= 0.6 is 0 Å². The maximum absolute atomic E-state index is 13.7. The summed E-state index contributed by atoms with van der Waals surface area (Å²) in [7, 11) is 0. The first kappa shape index (κ1) is 12.6. The van der Waals surface area contributed by atoms with Gasteiger partial charge in [-0.15, -0.1) is 0 Å². The van der Waals surface area contributed by atoms with Crippen LogP contribution in [0.4, 0.5) is 4.39 Å². The molecule has 3 nitrogen and oxygen atoms in total. The van der Waals surface area contributed by atoms with E-state index in [0.29, 0.717) is 11.5 Å². The summed E-state index contributed by atoms with van der Waals surface area (Å²) in [5.74, 6) is 6.59. The fourth-order valence-corrected chi connectivity index (χ4v) is 3.12. The lowest BCUT2D eigenvalue weighted by molar-refractivity contribution is 0.248. The van der Waals surface area contributed by atoms with Gasteiger partial charge in [-0.05, 0) is 30.9 Å². The number of nitrogens with one attached hydrogen (secondary N) is 1. The number of fused-ring (bicyclic) bond motifs is 1. The van der Waals surface area contributed by atoms with E-state index < -0.39 is 0 Å². The minimum Gasteiger partial charge on any atom is -0.456 e. The smallest absolute Gasteiger partial charge is 0.169 e. The van der Waals surface area contributed by atoms with E-state index >= 15 is 0 Å². The predicted molar refractivity (Wildman–Crippen MR) is 72.8 cm³/mol. The number of para-hydroxylation sites is 1. The molecular weight excluding hydrogens is 243 g/mol. The Morgan fingerprint density at radius 3 is 2.74 bits per heavy atom. The van der Waals surface area contributed by atoms with Gasteiger partial charge in [-0.3, -0.25) is 5.84 Å². The van der Waals surface area contributed by atoms with Gasteiger partial charge in [-0.2, -0.15) is 0 Å². The van der Waals surface area contributed by atoms with Crippen LogP contribution in [-0.2, 0) is 0 Å². The minimum absolute atomic E-state index is 0.0212. The zero-order valence-corrected chi connectivity index (χ0v) is 10.9. The molecule has 1 fully saturated rings. The molecule has 2 aromatic rings. The first-order chi connectivity index (χ1) is 9.29. The minimum atomic E-state index is -0.317. The summed E-state index contributed by atoms with van der Waals surface area (Å²) in [4.78, 5) is 0. The molecule has 1 heterocycles. The van der Waals surface area contributed by atoms with Crippen LogP contribution in [0.1, 0.15) is 43.9 Å². The Morgan fingerprint density at radius 2 is 2.05 bits per heavy atom. The molecule has 0 spiro atoms. The lowest BCUT2D eigenvalue weighted by atomic mass is 9.83. The van der Waals surface area contributed by atoms with Crippen LogP contribution < -0.4 is 11.3 Å². The maximum Gasteiger partial charge on any atom is 0.169 e. The van der Waals surface area contributed by atoms with Crippen molar-refractivity contribution in [2.75, 3.05) is 0 Å². The van der Waals surface area contributed by atoms with Gasteiger partial charge in [0.05, 0.1) is 6.04 Å². The number of benzene rings is 1. The largest absolute Gasteiger partial charge is 0.456 e. The third-order valence-corrected chi connectivity index (χ3v) is 4.12. The molecule has 1 aliphatic rings. The lowest BCUT2D eigenvalue weighted by Gasteiger charge is -2.28. The van der Waals surface area contributed by atoms with Crippen LogP contribution in [0, 0.1) is 11.7 Å². The van der Waals surface area contributed by atoms with Gasteiger partial charge >= 0.3 is 0 Å². The van der Waals surface area contributed by atoms with Crippen LogP contribution in [-0.4, -0.2) is 0 Å². The number of halogens is 1. The van der Waals surface area contributed by atoms with E-state index in [9.17, 15) is 4.39 Å². The summed E-state index contributed by atoms with van der Waals surface area (Å²) < 4.78 is 19.4. The number of hydrogen-bond acceptors (Lipinski definition) is 3. The molecule has 0 saturated heterocycles. The summed E-state index contributed by atoms with van der Waals surface area (Å²) in [6.07, 6.45) is 6.06. The first-order valence-electron chi connectivity index (χ1n) is 6.93. The average Bonchev–Trinajstić information content (AvgIpc) is 2.86. The summed E-state index contributed by atoms with van der Waals surface area (Å²) >= 11 is 0. The normalized spacial score (nSPS) is 18.8. The van der Waals surface area contributed by atoms with Crippen molar-refractivity contribution in [2.45, 2.75) is 38.1 Å². The zero-order valence-electron chi connectivity index (χ0n) is 10.9. The zero-order chi connectivity index (χ0) is 13.2. The fraction of sp³-hybridized carbons (Fsp3) is 0.467. The summed E-state index contributed by atoms with van der Waals surface area (Å²) in [6, 6.07) is 6.85. The predicted octanol–water partition coefficient (Wildman–Crippen LogP) is 3.66. The molecule has 4 heteroatoms. The molecule has 0 bridgehead atoms. The van der Waals surface area contributed by atoms with Crippen LogP contribution in [0.5, 0.6) is 0 Å². The summed E-state index contributed by atoms with van der Waals surface area (Å²) in [5, 5.41) is 0.797. The van der Waals surface area contributed by atoms with Crippen molar-refractivity contribution in [1.29, 1.82) is 0 Å². The van der Waals surface area contributed by atoms with Crippen molar-refractivity contribution < 1.29 is 8.81 Å². The van der Waals surface area contributed by atoms with Crippen molar-refractivity contribution in [2.24, 2.45) is 11.8 Å². The highest BCUT2D eigenvalue weighted by atomic mass is 19.1. The van der Waals surface area contributed by atoms with Crippen molar-refractivity contribution in [3.8, 4) is 0 Å². The first-order valence-corrected chi connectivity index (χ1v) is 6.93. The van der Waals surface area contributed by atoms with E-state index in [1.54, 1.807) is 6.07 Å². The molecule has 3 N–H and O–H groups in total. The quantitative estimate of drug-likeness (QED) is 0.655. The molecule has 0 amide bonds. The molecule has 1 saturated carbocycles. The lowest BCUT2D eigenvalue weighted by Crippen LogP contribution is -2.34. The topological polar surface area (TPSA) is 51.2 Å². The second-order valence-corrected chi connectivity index (χ2v) is 5.35. The van der Waals surface area contributed by atoms with Crippen LogP contribution in [0.2, 0.25) is 0 Å². The van der Waals surface area contributed by atoms with Gasteiger partial charge in [0.25, 0.3) is 0 Å². The molecule has 1 aromatic heterocycles. The van der Waals surface area contributed by atoms with Crippen molar-refractivity contribution in [1.82, 2.24) is 5.43 Å². The number of nitrogens with two attached hydrogens (primary N) is 1. The van der Waals surface area contributed by atoms with E-state index in [4.69, 9.17) is 10.3 Å². The Labute approximate surface area is 111 Å². The molecule has 19 heavy (non-hydrogen) atoms. The molecule has 1 unspecified atom stereocenters. The SMILES string of the molecule is NNC(c1cc2cccc(F)c2o1)C1CCCCC1. The third kappa shape index (κ3) is 2.38. The Balaban J connectivity index is 1.94. The van der Waals surface area contributed by atoms with Gasteiger partial charge in [-0.25, -0.2) is 9.82 Å². The third-order valence-electron chi connectivity index (χ3n) is 4.12. The van der Waals surface area contributed by atoms with Gasteiger partial charge in [0.1, 0.15) is 5.76 Å². The highest BCUT2D eigenvalue weighted by molar-refractivity contribution is 5.78. The van der Waals surface area contributed by atoms with Crippen LogP contribution in [0.3, 0.4) is 0 Å². The molecule has 0 aliphatic heterocycles. The highest BCUT2D eigenvalue weighted by Crippen LogP contribution is 2.36. The van der Waals surface area contributed by atoms with Gasteiger partial charge in [-0.1, -0.05) is 31.4 Å². The van der Waals surface area contributed by atoms with E-state index in [1.807, 2.05) is 12.1 Å². The van der Waals surface area contributed by atoms with Crippen molar-refractivity contribution in [3.63, 3.8) is 0 Å². The van der Waals surface area contributed by atoms with Crippen molar-refractivity contribution in [3.05, 3.63) is 35.8 Å². The maximum atomic E-state index is 13.7. The number of hydrazine groups is 1. The second-order valence-electron chi connectivity index (χ2n) is 5.35. The molecule has 1 aliphatic carbocycles. The second kappa shape index (κ2) is 5.31. The number of furan rings is 1. The van der Waals surface area contributed by atoms with Crippen molar-refractivity contribution >= 4 is 11.0 Å². The number of hydrogen-bond donors (Lipinski definition) is 2. The Bertz CT molecular complexity index is 560. The Hall–Kier alpha value is -1.39. The van der Waals surface area contributed by atoms with Gasteiger partial charge in [0, 0.05) is 5.39 Å². The molecular formula is C15H19FN2O. The van der Waals surface area contributed by atoms with E-state index in [0.717, 1.165) is 24.0 Å². The number of rotatable bonds is 3. The summed E-state index contributed by atoms with van der Waals surface area (Å²) in [5.41, 5.74) is 3.18. The molecule has 102 valence electrons. The van der Waals surface area contributed by atoms with E-state index in [-0.39, 0.29) is 11.9 Å². The van der Waals surface area contributed by atoms with Gasteiger partial charge < -0.3 is 4.42 Å². The molecule has 0 radical (unpaired) electrons. The van der Waals surface area contributed by atoms with E-state index in [1.165, 1.54) is 25.3 Å². The summed E-state index contributed by atoms with van der Waals surface area (Å²) in [6.45, 7) is 0. The van der Waals surface area contributed by atoms with Crippen LogP contribution in [0.25, 0.3) is 11.0 Å². The standard InChI is InChI=1S/C15H19FN2O/c16-12-8-4-7-11-9-13(19-15(11)12)14(18-17)10-5-2-1-3-6-10/h4,7-10,14,18H,1-3,5-6,17H2. The Morgan fingerprint density at radius 1 is 1.26 bits per heavy atom. The highest BCUT2D eigenvalue weighted by Gasteiger charge is 2.27. The monoisotopic (exact) mass is 262 g/mol. The average molecular weight is 262 g/mol. The molecule has 1 aromatic carbocycles. The Kier molecular flexibility index (Phi) is 3.53. The van der Waals surface area contributed by atoms with E-state index in [2.05, 4.69) is 5.43 Å². The van der Waals surface area contributed by atoms with Gasteiger partial charge in [0.15, 0.2) is 11.4 Å². The molecule has 3 rings (SSSR count). The fourth-order valence-electron chi connectivity index (χ4n) is 3.12. The molecule has 1 atom stereocenters. The van der Waals surface area contributed by atoms with Crippen LogP contribution in [0.15, 0.2) is 28.7 Å².